The Balaban J connectivity index is 3.13. The molecule has 0 unspecified atom stereocenters. The standard InChI is InChI=1S/C12H13BrN2O4S/c1-12(2,6-14)7-15-20(18,19)10-5-8(11(16)17)3-4-9(10)13/h3-5,15H,7H2,1-2H3,(H,16,17). The van der Waals surface area contributed by atoms with E-state index in [9.17, 15) is 13.2 Å². The summed E-state index contributed by atoms with van der Waals surface area (Å²) in [6.45, 7) is 3.12. The summed E-state index contributed by atoms with van der Waals surface area (Å²) in [6, 6.07) is 5.69. The minimum Gasteiger partial charge on any atom is -0.478 e. The van der Waals surface area contributed by atoms with Crippen LogP contribution in [0.3, 0.4) is 0 Å². The molecule has 0 aromatic heterocycles. The molecule has 0 atom stereocenters. The van der Waals surface area contributed by atoms with Crippen molar-refractivity contribution in [2.75, 3.05) is 6.54 Å². The van der Waals surface area contributed by atoms with Gasteiger partial charge >= 0.3 is 5.97 Å². The van der Waals surface area contributed by atoms with Gasteiger partial charge in [-0.3, -0.25) is 0 Å². The Kier molecular flexibility index (Phi) is 4.91. The lowest BCUT2D eigenvalue weighted by Gasteiger charge is -2.16. The quantitative estimate of drug-likeness (QED) is 0.834. The lowest BCUT2D eigenvalue weighted by molar-refractivity contribution is 0.0696. The Morgan fingerprint density at radius 1 is 1.50 bits per heavy atom. The third-order valence-electron chi connectivity index (χ3n) is 2.47. The lowest BCUT2D eigenvalue weighted by Crippen LogP contribution is -2.33. The molecule has 1 rings (SSSR count). The minimum absolute atomic E-state index is 0.0738. The van der Waals surface area contributed by atoms with Gasteiger partial charge in [-0.2, -0.15) is 5.26 Å². The number of sulfonamides is 1. The van der Waals surface area contributed by atoms with Gasteiger partial charge < -0.3 is 5.11 Å². The van der Waals surface area contributed by atoms with Crippen molar-refractivity contribution in [2.24, 2.45) is 5.41 Å². The third-order valence-corrected chi connectivity index (χ3v) is 4.87. The number of rotatable bonds is 5. The van der Waals surface area contributed by atoms with E-state index in [-0.39, 0.29) is 21.5 Å². The highest BCUT2D eigenvalue weighted by Crippen LogP contribution is 2.24. The topological polar surface area (TPSA) is 107 Å². The highest BCUT2D eigenvalue weighted by atomic mass is 79.9. The van der Waals surface area contributed by atoms with Gasteiger partial charge in [0.05, 0.1) is 21.9 Å². The zero-order valence-electron chi connectivity index (χ0n) is 10.8. The number of nitrogens with one attached hydrogen (secondary N) is 1. The Bertz CT molecular complexity index is 677. The molecule has 0 aliphatic heterocycles. The van der Waals surface area contributed by atoms with Crippen LogP contribution in [0.25, 0.3) is 0 Å². The predicted octanol–water partition coefficient (Wildman–Crippen LogP) is 1.98. The number of nitriles is 1. The molecule has 6 nitrogen and oxygen atoms in total. The molecule has 8 heteroatoms. The van der Waals surface area contributed by atoms with E-state index in [0.29, 0.717) is 0 Å². The van der Waals surface area contributed by atoms with Gasteiger partial charge in [-0.05, 0) is 48.0 Å². The van der Waals surface area contributed by atoms with E-state index < -0.39 is 21.4 Å². The molecule has 2 N–H and O–H groups in total. The van der Waals surface area contributed by atoms with Crippen molar-refractivity contribution in [3.63, 3.8) is 0 Å². The summed E-state index contributed by atoms with van der Waals surface area (Å²) in [6.07, 6.45) is 0. The average Bonchev–Trinajstić information content (AvgIpc) is 2.37. The first-order valence-electron chi connectivity index (χ1n) is 5.53. The second kappa shape index (κ2) is 5.91. The van der Waals surface area contributed by atoms with Crippen LogP contribution in [-0.2, 0) is 10.0 Å². The van der Waals surface area contributed by atoms with Gasteiger partial charge in [0.1, 0.15) is 0 Å². The van der Waals surface area contributed by atoms with Crippen LogP contribution < -0.4 is 4.72 Å². The highest BCUT2D eigenvalue weighted by molar-refractivity contribution is 9.10. The van der Waals surface area contributed by atoms with Crippen LogP contribution in [-0.4, -0.2) is 26.0 Å². The van der Waals surface area contributed by atoms with Crippen molar-refractivity contribution in [3.05, 3.63) is 28.2 Å². The number of carboxylic acids is 1. The molecular weight excluding hydrogens is 348 g/mol. The number of hydrogen-bond donors (Lipinski definition) is 2. The summed E-state index contributed by atoms with van der Waals surface area (Å²) in [4.78, 5) is 10.7. The summed E-state index contributed by atoms with van der Waals surface area (Å²) >= 11 is 3.08. The molecule has 0 saturated carbocycles. The Hall–Kier alpha value is -1.43. The fourth-order valence-corrected chi connectivity index (χ4v) is 3.43. The zero-order chi connectivity index (χ0) is 15.6. The van der Waals surface area contributed by atoms with Crippen LogP contribution in [0.5, 0.6) is 0 Å². The fourth-order valence-electron chi connectivity index (χ4n) is 1.24. The van der Waals surface area contributed by atoms with E-state index in [4.69, 9.17) is 10.4 Å². The first-order valence-corrected chi connectivity index (χ1v) is 7.80. The second-order valence-electron chi connectivity index (χ2n) is 4.77. The van der Waals surface area contributed by atoms with Gasteiger partial charge in [0.2, 0.25) is 10.0 Å². The van der Waals surface area contributed by atoms with Crippen LogP contribution in [0.15, 0.2) is 27.6 Å². The SMILES string of the molecule is CC(C)(C#N)CNS(=O)(=O)c1cc(C(=O)O)ccc1Br. The van der Waals surface area contributed by atoms with Crippen LogP contribution >= 0.6 is 15.9 Å². The molecule has 0 bridgehead atoms. The highest BCUT2D eigenvalue weighted by Gasteiger charge is 2.24. The van der Waals surface area contributed by atoms with Gasteiger partial charge in [0.15, 0.2) is 0 Å². The Morgan fingerprint density at radius 3 is 2.60 bits per heavy atom. The number of hydrogen-bond acceptors (Lipinski definition) is 4. The number of nitrogens with zero attached hydrogens (tertiary/aromatic N) is 1. The molecule has 0 radical (unpaired) electrons. The normalized spacial score (nSPS) is 11.9. The largest absolute Gasteiger partial charge is 0.478 e. The Morgan fingerprint density at radius 2 is 2.10 bits per heavy atom. The summed E-state index contributed by atoms with van der Waals surface area (Å²) in [5, 5.41) is 17.8. The maximum absolute atomic E-state index is 12.1. The van der Waals surface area contributed by atoms with Crippen molar-refractivity contribution in [3.8, 4) is 6.07 Å². The van der Waals surface area contributed by atoms with Crippen molar-refractivity contribution >= 4 is 31.9 Å². The number of aromatic carboxylic acids is 1. The summed E-state index contributed by atoms with van der Waals surface area (Å²) in [5.41, 5.74) is -0.989. The first-order chi connectivity index (χ1) is 9.09. The van der Waals surface area contributed by atoms with Crippen molar-refractivity contribution in [2.45, 2.75) is 18.7 Å². The molecule has 0 saturated heterocycles. The molecule has 0 heterocycles. The molecule has 0 spiro atoms. The third kappa shape index (κ3) is 4.03. The first kappa shape index (κ1) is 16.6. The van der Waals surface area contributed by atoms with Crippen LogP contribution in [0.4, 0.5) is 0 Å². The minimum atomic E-state index is -3.90. The number of carboxylic acid groups (broad SMARTS) is 1. The molecule has 1 aromatic rings. The van der Waals surface area contributed by atoms with Crippen molar-refractivity contribution in [1.29, 1.82) is 5.26 Å². The monoisotopic (exact) mass is 360 g/mol. The van der Waals surface area contributed by atoms with Gasteiger partial charge in [-0.25, -0.2) is 17.9 Å². The molecule has 108 valence electrons. The fraction of sp³-hybridized carbons (Fsp3) is 0.333. The van der Waals surface area contributed by atoms with E-state index >= 15 is 0 Å². The zero-order valence-corrected chi connectivity index (χ0v) is 13.2. The molecule has 0 fully saturated rings. The van der Waals surface area contributed by atoms with Crippen molar-refractivity contribution in [1.82, 2.24) is 4.72 Å². The Labute approximate surface area is 125 Å². The number of carbonyl (C=O) groups is 1. The molecular formula is C12H13BrN2O4S. The molecule has 0 aliphatic carbocycles. The van der Waals surface area contributed by atoms with Gasteiger partial charge in [-0.1, -0.05) is 0 Å². The maximum Gasteiger partial charge on any atom is 0.335 e. The molecule has 20 heavy (non-hydrogen) atoms. The summed E-state index contributed by atoms with van der Waals surface area (Å²) in [7, 11) is -3.90. The van der Waals surface area contributed by atoms with Gasteiger partial charge in [0.25, 0.3) is 0 Å². The molecule has 1 aromatic carbocycles. The maximum atomic E-state index is 12.1. The van der Waals surface area contributed by atoms with Gasteiger partial charge in [-0.15, -0.1) is 0 Å². The predicted molar refractivity (Wildman–Crippen MR) is 75.7 cm³/mol. The van der Waals surface area contributed by atoms with E-state index in [1.54, 1.807) is 13.8 Å². The van der Waals surface area contributed by atoms with Crippen LogP contribution in [0.2, 0.25) is 0 Å². The summed E-state index contributed by atoms with van der Waals surface area (Å²) < 4.78 is 26.8. The molecule has 0 amide bonds. The van der Waals surface area contributed by atoms with Crippen LogP contribution in [0, 0.1) is 16.7 Å². The summed E-state index contributed by atoms with van der Waals surface area (Å²) in [5.74, 6) is -1.22. The second-order valence-corrected chi connectivity index (χ2v) is 7.36. The number of benzene rings is 1. The van der Waals surface area contributed by atoms with Crippen LogP contribution in [0.1, 0.15) is 24.2 Å². The van der Waals surface area contributed by atoms with E-state index in [2.05, 4.69) is 20.7 Å². The number of halogens is 1. The van der Waals surface area contributed by atoms with Crippen molar-refractivity contribution < 1.29 is 18.3 Å². The average molecular weight is 361 g/mol. The van der Waals surface area contributed by atoms with E-state index in [1.807, 2.05) is 6.07 Å². The van der Waals surface area contributed by atoms with E-state index in [0.717, 1.165) is 6.07 Å². The molecule has 0 aliphatic rings. The van der Waals surface area contributed by atoms with E-state index in [1.165, 1.54) is 12.1 Å². The smallest absolute Gasteiger partial charge is 0.335 e. The van der Waals surface area contributed by atoms with Gasteiger partial charge in [0, 0.05) is 11.0 Å². The lowest BCUT2D eigenvalue weighted by atomic mass is 9.97.